The van der Waals surface area contributed by atoms with Crippen molar-refractivity contribution in [3.05, 3.63) is 28.6 Å². The Hall–Kier alpha value is -0.890. The zero-order valence-electron chi connectivity index (χ0n) is 8.30. The number of nitrogens with two attached hydrogens (primary N) is 1. The summed E-state index contributed by atoms with van der Waals surface area (Å²) in [7, 11) is 0. The van der Waals surface area contributed by atoms with Crippen LogP contribution in [-0.4, -0.2) is 4.98 Å². The van der Waals surface area contributed by atoms with E-state index >= 15 is 0 Å². The molecule has 0 radical (unpaired) electrons. The molecule has 0 fully saturated rings. The van der Waals surface area contributed by atoms with Crippen LogP contribution in [0.1, 0.15) is 41.9 Å². The average Bonchev–Trinajstić information content (AvgIpc) is 2.48. The van der Waals surface area contributed by atoms with E-state index in [1.165, 1.54) is 29.7 Å². The van der Waals surface area contributed by atoms with E-state index in [9.17, 15) is 0 Å². The molecule has 0 bridgehead atoms. The second-order valence-electron chi connectivity index (χ2n) is 3.91. The van der Waals surface area contributed by atoms with E-state index in [-0.39, 0.29) is 6.04 Å². The highest BCUT2D eigenvalue weighted by Gasteiger charge is 2.15. The number of fused-ring (bicyclic) bond motifs is 1. The molecule has 1 unspecified atom stereocenters. The highest BCUT2D eigenvalue weighted by molar-refractivity contribution is 5.34. The van der Waals surface area contributed by atoms with Gasteiger partial charge in [0.1, 0.15) is 0 Å². The predicted octanol–water partition coefficient (Wildman–Crippen LogP) is 1.90. The van der Waals surface area contributed by atoms with Crippen LogP contribution in [-0.2, 0) is 12.8 Å². The van der Waals surface area contributed by atoms with Crippen LogP contribution < -0.4 is 5.73 Å². The third kappa shape index (κ3) is 1.46. The summed E-state index contributed by atoms with van der Waals surface area (Å²) >= 11 is 0. The van der Waals surface area contributed by atoms with Crippen LogP contribution in [0, 0.1) is 6.92 Å². The molecule has 2 rings (SSSR count). The summed E-state index contributed by atoms with van der Waals surface area (Å²) in [6, 6.07) is 2.36. The van der Waals surface area contributed by atoms with Gasteiger partial charge in [0.15, 0.2) is 0 Å². The Balaban J connectivity index is 2.49. The Kier molecular flexibility index (Phi) is 2.08. The van der Waals surface area contributed by atoms with Crippen molar-refractivity contribution in [2.24, 2.45) is 5.73 Å². The molecule has 13 heavy (non-hydrogen) atoms. The molecule has 0 aromatic carbocycles. The maximum absolute atomic E-state index is 5.87. The molecule has 1 aromatic heterocycles. The number of pyridine rings is 1. The first-order valence-electron chi connectivity index (χ1n) is 4.93. The largest absolute Gasteiger partial charge is 0.324 e. The molecule has 0 saturated heterocycles. The summed E-state index contributed by atoms with van der Waals surface area (Å²) in [5, 5.41) is 0. The van der Waals surface area contributed by atoms with Gasteiger partial charge >= 0.3 is 0 Å². The van der Waals surface area contributed by atoms with E-state index in [1.807, 2.05) is 6.92 Å². The fourth-order valence-electron chi connectivity index (χ4n) is 2.05. The second kappa shape index (κ2) is 3.11. The molecule has 1 heterocycles. The van der Waals surface area contributed by atoms with Crippen LogP contribution in [0.2, 0.25) is 0 Å². The van der Waals surface area contributed by atoms with Gasteiger partial charge in [-0.25, -0.2) is 0 Å². The molecule has 2 heteroatoms. The molecule has 1 aromatic rings. The minimum Gasteiger partial charge on any atom is -0.324 e. The number of nitrogens with zero attached hydrogens (tertiary/aromatic N) is 1. The summed E-state index contributed by atoms with van der Waals surface area (Å²) in [5.41, 5.74) is 10.9. The average molecular weight is 176 g/mol. The van der Waals surface area contributed by atoms with Crippen molar-refractivity contribution in [2.45, 2.75) is 39.2 Å². The molecule has 0 spiro atoms. The second-order valence-corrected chi connectivity index (χ2v) is 3.91. The Labute approximate surface area is 79.2 Å². The van der Waals surface area contributed by atoms with Gasteiger partial charge in [0.05, 0.1) is 0 Å². The first-order chi connectivity index (χ1) is 6.18. The number of hydrogen-bond donors (Lipinski definition) is 1. The van der Waals surface area contributed by atoms with Crippen LogP contribution in [0.25, 0.3) is 0 Å². The van der Waals surface area contributed by atoms with Gasteiger partial charge in [-0.2, -0.15) is 0 Å². The molecule has 1 aliphatic carbocycles. The molecule has 2 nitrogen and oxygen atoms in total. The third-order valence-electron chi connectivity index (χ3n) is 2.77. The third-order valence-corrected chi connectivity index (χ3v) is 2.77. The van der Waals surface area contributed by atoms with Gasteiger partial charge in [-0.05, 0) is 44.2 Å². The van der Waals surface area contributed by atoms with Crippen LogP contribution in [0.4, 0.5) is 0 Å². The van der Waals surface area contributed by atoms with E-state index in [0.717, 1.165) is 12.1 Å². The zero-order valence-corrected chi connectivity index (χ0v) is 8.30. The van der Waals surface area contributed by atoms with Crippen LogP contribution in [0.3, 0.4) is 0 Å². The standard InChI is InChI=1S/C11H16N2/c1-7(12)10-6-9-4-3-5-11(9)13-8(10)2/h6-7H,3-5,12H2,1-2H3. The Morgan fingerprint density at radius 2 is 2.23 bits per heavy atom. The monoisotopic (exact) mass is 176 g/mol. The molecule has 70 valence electrons. The van der Waals surface area contributed by atoms with E-state index in [2.05, 4.69) is 18.0 Å². The highest BCUT2D eigenvalue weighted by Crippen LogP contribution is 2.24. The van der Waals surface area contributed by atoms with Crippen molar-refractivity contribution in [3.63, 3.8) is 0 Å². The minimum absolute atomic E-state index is 0.110. The Bertz CT molecular complexity index is 329. The fraction of sp³-hybridized carbons (Fsp3) is 0.545. The van der Waals surface area contributed by atoms with Gasteiger partial charge in [-0.15, -0.1) is 0 Å². The molecular formula is C11H16N2. The maximum atomic E-state index is 5.87. The predicted molar refractivity (Wildman–Crippen MR) is 53.6 cm³/mol. The summed E-state index contributed by atoms with van der Waals surface area (Å²) in [6.45, 7) is 4.07. The summed E-state index contributed by atoms with van der Waals surface area (Å²) in [5.74, 6) is 0. The lowest BCUT2D eigenvalue weighted by Crippen LogP contribution is -2.09. The lowest BCUT2D eigenvalue weighted by atomic mass is 10.0. The molecule has 0 amide bonds. The molecule has 0 aliphatic heterocycles. The van der Waals surface area contributed by atoms with E-state index in [1.54, 1.807) is 0 Å². The van der Waals surface area contributed by atoms with Crippen molar-refractivity contribution in [3.8, 4) is 0 Å². The van der Waals surface area contributed by atoms with E-state index in [4.69, 9.17) is 5.73 Å². The lowest BCUT2D eigenvalue weighted by molar-refractivity contribution is 0.794. The smallest absolute Gasteiger partial charge is 0.0439 e. The van der Waals surface area contributed by atoms with Crippen molar-refractivity contribution < 1.29 is 0 Å². The molecule has 1 aliphatic rings. The quantitative estimate of drug-likeness (QED) is 0.709. The molecular weight excluding hydrogens is 160 g/mol. The Morgan fingerprint density at radius 3 is 2.92 bits per heavy atom. The molecule has 2 N–H and O–H groups in total. The summed E-state index contributed by atoms with van der Waals surface area (Å²) in [6.07, 6.45) is 3.59. The molecule has 0 saturated carbocycles. The van der Waals surface area contributed by atoms with Gasteiger partial charge in [0.2, 0.25) is 0 Å². The van der Waals surface area contributed by atoms with Gasteiger partial charge in [0.25, 0.3) is 0 Å². The van der Waals surface area contributed by atoms with Crippen molar-refractivity contribution in [1.29, 1.82) is 0 Å². The van der Waals surface area contributed by atoms with E-state index < -0.39 is 0 Å². The fourth-order valence-corrected chi connectivity index (χ4v) is 2.05. The van der Waals surface area contributed by atoms with Crippen LogP contribution in [0.5, 0.6) is 0 Å². The van der Waals surface area contributed by atoms with Gasteiger partial charge < -0.3 is 5.73 Å². The number of aryl methyl sites for hydroxylation is 3. The normalized spacial score (nSPS) is 17.2. The van der Waals surface area contributed by atoms with Crippen molar-refractivity contribution in [1.82, 2.24) is 4.98 Å². The number of rotatable bonds is 1. The lowest BCUT2D eigenvalue weighted by Gasteiger charge is -2.11. The van der Waals surface area contributed by atoms with Gasteiger partial charge in [-0.1, -0.05) is 6.07 Å². The number of hydrogen-bond acceptors (Lipinski definition) is 2. The van der Waals surface area contributed by atoms with Crippen molar-refractivity contribution in [2.75, 3.05) is 0 Å². The topological polar surface area (TPSA) is 38.9 Å². The van der Waals surface area contributed by atoms with Gasteiger partial charge in [0, 0.05) is 17.4 Å². The first kappa shape index (κ1) is 8.70. The SMILES string of the molecule is Cc1nc2c(cc1C(C)N)CCC2. The summed E-state index contributed by atoms with van der Waals surface area (Å²) < 4.78 is 0. The van der Waals surface area contributed by atoms with Crippen LogP contribution in [0.15, 0.2) is 6.07 Å². The number of aromatic nitrogens is 1. The van der Waals surface area contributed by atoms with Crippen molar-refractivity contribution >= 4 is 0 Å². The minimum atomic E-state index is 0.110. The van der Waals surface area contributed by atoms with E-state index in [0.29, 0.717) is 0 Å². The highest BCUT2D eigenvalue weighted by atomic mass is 14.7. The van der Waals surface area contributed by atoms with Crippen LogP contribution >= 0.6 is 0 Å². The summed E-state index contributed by atoms with van der Waals surface area (Å²) in [4.78, 5) is 4.59. The Morgan fingerprint density at radius 1 is 1.46 bits per heavy atom. The zero-order chi connectivity index (χ0) is 9.42. The first-order valence-corrected chi connectivity index (χ1v) is 4.93. The molecule has 1 atom stereocenters. The maximum Gasteiger partial charge on any atom is 0.0439 e. The van der Waals surface area contributed by atoms with Gasteiger partial charge in [-0.3, -0.25) is 4.98 Å².